The van der Waals surface area contributed by atoms with Crippen LogP contribution in [0.2, 0.25) is 0 Å². The Balaban J connectivity index is 1.10. The molecule has 0 heterocycles. The lowest BCUT2D eigenvalue weighted by molar-refractivity contribution is 0.768. The van der Waals surface area contributed by atoms with E-state index >= 15 is 0 Å². The summed E-state index contributed by atoms with van der Waals surface area (Å²) in [5.41, 5.74) is 22.0. The maximum absolute atomic E-state index is 2.53. The molecule has 2 aliphatic rings. The molecule has 0 spiro atoms. The lowest BCUT2D eigenvalue weighted by Crippen LogP contribution is -2.29. The fourth-order valence-corrected chi connectivity index (χ4v) is 12.0. The van der Waals surface area contributed by atoms with Crippen molar-refractivity contribution in [1.82, 2.24) is 0 Å². The maximum atomic E-state index is 2.53. The fourth-order valence-electron chi connectivity index (χ4n) is 12.0. The van der Waals surface area contributed by atoms with E-state index < -0.39 is 10.8 Å². The van der Waals surface area contributed by atoms with Crippen molar-refractivity contribution in [3.05, 3.63) is 330 Å². The zero-order chi connectivity index (χ0) is 45.8. The highest BCUT2D eigenvalue weighted by molar-refractivity contribution is 5.99. The molecule has 1 heteroatoms. The van der Waals surface area contributed by atoms with Crippen molar-refractivity contribution in [2.45, 2.75) is 10.8 Å². The molecule has 0 radical (unpaired) electrons. The summed E-state index contributed by atoms with van der Waals surface area (Å²) in [6.45, 7) is 0. The third kappa shape index (κ3) is 6.17. The Hall–Kier alpha value is -8.78. The molecule has 0 aromatic heterocycles. The number of benzene rings is 11. The smallest absolute Gasteiger partial charge is 0.0714 e. The Bertz CT molecular complexity index is 3490. The molecule has 0 aliphatic heterocycles. The fraction of sp³-hybridized carbons (Fsp3) is 0.0294. The number of anilines is 3. The van der Waals surface area contributed by atoms with Crippen molar-refractivity contribution in [3.8, 4) is 44.5 Å². The van der Waals surface area contributed by atoms with Crippen LogP contribution in [0.25, 0.3) is 44.5 Å². The van der Waals surface area contributed by atoms with Gasteiger partial charge >= 0.3 is 0 Å². The predicted octanol–water partition coefficient (Wildman–Crippen LogP) is 17.2. The van der Waals surface area contributed by atoms with Gasteiger partial charge < -0.3 is 4.90 Å². The zero-order valence-electron chi connectivity index (χ0n) is 38.1. The van der Waals surface area contributed by atoms with Gasteiger partial charge in [0.25, 0.3) is 0 Å². The summed E-state index contributed by atoms with van der Waals surface area (Å²) in [7, 11) is 0. The van der Waals surface area contributed by atoms with Gasteiger partial charge in [0.2, 0.25) is 0 Å². The Labute approximate surface area is 404 Å². The van der Waals surface area contributed by atoms with Crippen molar-refractivity contribution >= 4 is 17.1 Å². The van der Waals surface area contributed by atoms with Gasteiger partial charge in [-0.3, -0.25) is 0 Å². The van der Waals surface area contributed by atoms with Gasteiger partial charge in [0.05, 0.1) is 16.5 Å². The molecule has 0 atom stereocenters. The lowest BCUT2D eigenvalue weighted by atomic mass is 9.67. The minimum atomic E-state index is -0.563. The van der Waals surface area contributed by atoms with Crippen LogP contribution >= 0.6 is 0 Å². The monoisotopic (exact) mass is 877 g/mol. The molecule has 0 fully saturated rings. The second kappa shape index (κ2) is 16.5. The van der Waals surface area contributed by atoms with Crippen LogP contribution in [0.15, 0.2) is 285 Å². The summed E-state index contributed by atoms with van der Waals surface area (Å²) in [6.07, 6.45) is 0. The van der Waals surface area contributed by atoms with Gasteiger partial charge in [-0.05, 0) is 102 Å². The van der Waals surface area contributed by atoms with E-state index in [1.54, 1.807) is 0 Å². The topological polar surface area (TPSA) is 3.24 Å². The van der Waals surface area contributed by atoms with Crippen LogP contribution in [-0.2, 0) is 10.8 Å². The van der Waals surface area contributed by atoms with E-state index in [-0.39, 0.29) is 0 Å². The molecule has 0 amide bonds. The van der Waals surface area contributed by atoms with Crippen molar-refractivity contribution < 1.29 is 0 Å². The second-order valence-corrected chi connectivity index (χ2v) is 18.3. The van der Waals surface area contributed by atoms with E-state index in [4.69, 9.17) is 0 Å². The minimum absolute atomic E-state index is 0.515. The van der Waals surface area contributed by atoms with Gasteiger partial charge in [0.1, 0.15) is 0 Å². The van der Waals surface area contributed by atoms with Crippen LogP contribution in [-0.4, -0.2) is 0 Å². The lowest BCUT2D eigenvalue weighted by Gasteiger charge is -2.36. The first-order valence-electron chi connectivity index (χ1n) is 24.0. The SMILES string of the molecule is c1ccc(-c2cccc(-c3ccccc3)c2N(c2ccc(C3(c4ccccc4)c4ccccc4-c4ccccc43)cc2)c2ccc3c(c2)C(c2ccccc2)(c2ccccc2)c2ccccc2-3)cc1. The summed E-state index contributed by atoms with van der Waals surface area (Å²) in [5, 5.41) is 0. The predicted molar refractivity (Wildman–Crippen MR) is 287 cm³/mol. The van der Waals surface area contributed by atoms with Crippen LogP contribution in [0.1, 0.15) is 44.5 Å². The Morgan fingerprint density at radius 1 is 0.217 bits per heavy atom. The molecule has 0 saturated carbocycles. The van der Waals surface area contributed by atoms with Gasteiger partial charge in [0.15, 0.2) is 0 Å². The maximum Gasteiger partial charge on any atom is 0.0714 e. The average Bonchev–Trinajstić information content (AvgIpc) is 3.91. The molecule has 11 aromatic rings. The molecule has 324 valence electrons. The van der Waals surface area contributed by atoms with Crippen LogP contribution in [0.4, 0.5) is 17.1 Å². The molecular formula is C68H47N. The summed E-state index contributed by atoms with van der Waals surface area (Å²) < 4.78 is 0. The number of hydrogen-bond acceptors (Lipinski definition) is 1. The third-order valence-electron chi connectivity index (χ3n) is 14.8. The molecule has 2 aliphatic carbocycles. The molecule has 11 aromatic carbocycles. The first-order valence-corrected chi connectivity index (χ1v) is 24.0. The summed E-state index contributed by atoms with van der Waals surface area (Å²) in [5.74, 6) is 0. The molecule has 0 unspecified atom stereocenters. The van der Waals surface area contributed by atoms with Crippen LogP contribution < -0.4 is 4.90 Å². The Morgan fingerprint density at radius 3 is 0.971 bits per heavy atom. The first-order chi connectivity index (χ1) is 34.3. The van der Waals surface area contributed by atoms with E-state index in [9.17, 15) is 0 Å². The third-order valence-corrected chi connectivity index (χ3v) is 14.8. The summed E-state index contributed by atoms with van der Waals surface area (Å²) >= 11 is 0. The van der Waals surface area contributed by atoms with Gasteiger partial charge in [-0.2, -0.15) is 0 Å². The number of hydrogen-bond donors (Lipinski definition) is 0. The highest BCUT2D eigenvalue weighted by atomic mass is 15.1. The van der Waals surface area contributed by atoms with E-state index in [2.05, 4.69) is 290 Å². The van der Waals surface area contributed by atoms with Crippen molar-refractivity contribution in [1.29, 1.82) is 0 Å². The van der Waals surface area contributed by atoms with Crippen molar-refractivity contribution in [2.24, 2.45) is 0 Å². The van der Waals surface area contributed by atoms with E-state index in [0.717, 1.165) is 39.3 Å². The van der Waals surface area contributed by atoms with E-state index in [0.29, 0.717) is 0 Å². The van der Waals surface area contributed by atoms with Gasteiger partial charge in [0, 0.05) is 22.5 Å². The second-order valence-electron chi connectivity index (χ2n) is 18.3. The minimum Gasteiger partial charge on any atom is -0.309 e. The number of fused-ring (bicyclic) bond motifs is 6. The van der Waals surface area contributed by atoms with Gasteiger partial charge in [-0.25, -0.2) is 0 Å². The van der Waals surface area contributed by atoms with Crippen LogP contribution in [0.3, 0.4) is 0 Å². The molecule has 0 bridgehead atoms. The van der Waals surface area contributed by atoms with Gasteiger partial charge in [-0.15, -0.1) is 0 Å². The van der Waals surface area contributed by atoms with E-state index in [1.807, 2.05) is 0 Å². The van der Waals surface area contributed by atoms with Crippen LogP contribution in [0, 0.1) is 0 Å². The zero-order valence-corrected chi connectivity index (χ0v) is 38.1. The highest BCUT2D eigenvalue weighted by Gasteiger charge is 2.48. The highest BCUT2D eigenvalue weighted by Crippen LogP contribution is 2.59. The number of para-hydroxylation sites is 1. The first kappa shape index (κ1) is 40.5. The average molecular weight is 878 g/mol. The quantitative estimate of drug-likeness (QED) is 0.140. The molecule has 13 rings (SSSR count). The number of nitrogens with zero attached hydrogens (tertiary/aromatic N) is 1. The van der Waals surface area contributed by atoms with Gasteiger partial charge in [-0.1, -0.05) is 261 Å². The Kier molecular flexibility index (Phi) is 9.70. The summed E-state index contributed by atoms with van der Waals surface area (Å²) in [6, 6.07) is 106. The van der Waals surface area contributed by atoms with E-state index in [1.165, 1.54) is 66.8 Å². The van der Waals surface area contributed by atoms with Crippen LogP contribution in [0.5, 0.6) is 0 Å². The molecule has 0 saturated heterocycles. The largest absolute Gasteiger partial charge is 0.309 e. The summed E-state index contributed by atoms with van der Waals surface area (Å²) in [4.78, 5) is 2.53. The normalized spacial score (nSPS) is 13.4. The van der Waals surface area contributed by atoms with Crippen molar-refractivity contribution in [2.75, 3.05) is 4.90 Å². The molecule has 0 N–H and O–H groups in total. The number of rotatable bonds is 9. The molecule has 1 nitrogen and oxygen atoms in total. The Morgan fingerprint density at radius 2 is 0.536 bits per heavy atom. The van der Waals surface area contributed by atoms with Crippen molar-refractivity contribution in [3.63, 3.8) is 0 Å². The standard InChI is InChI=1S/C68H47N/c1-6-23-48(24-7-1)56-36-22-37-57(49-25-8-2-9-26-49)66(56)69(54-43-41-53(42-44-54)67(50-27-10-3-11-28-50)62-38-19-16-33-58(62)59-34-17-20-39-63(59)67)55-45-46-61-60-35-18-21-40-64(60)68(65(61)47-55,51-29-12-4-13-30-51)52-31-14-5-15-32-52/h1-47H. The molecular weight excluding hydrogens is 831 g/mol. The molecule has 69 heavy (non-hydrogen) atoms.